The Hall–Kier alpha value is -1.19. The zero-order valence-corrected chi connectivity index (χ0v) is 12.5. The van der Waals surface area contributed by atoms with Crippen molar-refractivity contribution >= 4 is 11.3 Å². The van der Waals surface area contributed by atoms with Crippen LogP contribution < -0.4 is 5.32 Å². The third-order valence-electron chi connectivity index (χ3n) is 4.65. The molecule has 0 radical (unpaired) electrons. The smallest absolute Gasteiger partial charge is 0.0605 e. The van der Waals surface area contributed by atoms with E-state index >= 15 is 0 Å². The normalized spacial score (nSPS) is 25.0. The summed E-state index contributed by atoms with van der Waals surface area (Å²) >= 11 is 1.92. The predicted molar refractivity (Wildman–Crippen MR) is 83.0 cm³/mol. The summed E-state index contributed by atoms with van der Waals surface area (Å²) in [5.74, 6) is 0. The number of pyridine rings is 1. The quantitative estimate of drug-likeness (QED) is 0.894. The van der Waals surface area contributed by atoms with Gasteiger partial charge in [0.15, 0.2) is 0 Å². The molecule has 20 heavy (non-hydrogen) atoms. The first-order chi connectivity index (χ1) is 9.92. The van der Waals surface area contributed by atoms with Crippen LogP contribution in [0.3, 0.4) is 0 Å². The minimum absolute atomic E-state index is 0.441. The summed E-state index contributed by atoms with van der Waals surface area (Å²) in [6.07, 6.45) is 9.48. The molecule has 0 amide bonds. The first-order valence-corrected chi connectivity index (χ1v) is 8.56. The lowest BCUT2D eigenvalue weighted by Gasteiger charge is -2.31. The first-order valence-electron chi connectivity index (χ1n) is 7.68. The lowest BCUT2D eigenvalue weighted by Crippen LogP contribution is -2.31. The fourth-order valence-corrected chi connectivity index (χ4v) is 4.66. The molecule has 0 saturated heterocycles. The highest BCUT2D eigenvalue weighted by Gasteiger charge is 2.27. The Bertz CT molecular complexity index is 605. The van der Waals surface area contributed by atoms with Gasteiger partial charge in [-0.05, 0) is 67.2 Å². The van der Waals surface area contributed by atoms with Crippen molar-refractivity contribution in [3.63, 3.8) is 0 Å². The molecular weight excluding hydrogens is 264 g/mol. The van der Waals surface area contributed by atoms with Gasteiger partial charge in [-0.25, -0.2) is 0 Å². The van der Waals surface area contributed by atoms with Crippen molar-refractivity contribution in [3.05, 3.63) is 51.5 Å². The molecule has 0 aliphatic heterocycles. The third-order valence-corrected chi connectivity index (χ3v) is 5.65. The van der Waals surface area contributed by atoms with Gasteiger partial charge in [0.05, 0.1) is 11.7 Å². The van der Waals surface area contributed by atoms with Crippen LogP contribution in [0.4, 0.5) is 0 Å². The van der Waals surface area contributed by atoms with Crippen LogP contribution in [-0.4, -0.2) is 4.98 Å². The van der Waals surface area contributed by atoms with Gasteiger partial charge in [-0.2, -0.15) is 0 Å². The highest BCUT2D eigenvalue weighted by atomic mass is 32.1. The predicted octanol–water partition coefficient (Wildman–Crippen LogP) is 4.19. The lowest BCUT2D eigenvalue weighted by molar-refractivity contribution is 0.365. The number of hydrogen-bond acceptors (Lipinski definition) is 3. The SMILES string of the molecule is c1cnc2c(c1)CCCC2NC1CCCc2sccc21. The maximum Gasteiger partial charge on any atom is 0.0605 e. The van der Waals surface area contributed by atoms with E-state index < -0.39 is 0 Å². The van der Waals surface area contributed by atoms with Crippen LogP contribution in [0.5, 0.6) is 0 Å². The van der Waals surface area contributed by atoms with E-state index in [4.69, 9.17) is 0 Å². The zero-order valence-electron chi connectivity index (χ0n) is 11.6. The number of nitrogens with zero attached hydrogens (tertiary/aromatic N) is 1. The van der Waals surface area contributed by atoms with E-state index in [0.717, 1.165) is 0 Å². The van der Waals surface area contributed by atoms with Gasteiger partial charge >= 0.3 is 0 Å². The topological polar surface area (TPSA) is 24.9 Å². The summed E-state index contributed by atoms with van der Waals surface area (Å²) in [4.78, 5) is 6.24. The van der Waals surface area contributed by atoms with E-state index in [1.807, 2.05) is 17.5 Å². The number of aryl methyl sites for hydroxylation is 2. The summed E-state index contributed by atoms with van der Waals surface area (Å²) in [6.45, 7) is 0. The molecule has 104 valence electrons. The zero-order chi connectivity index (χ0) is 13.4. The molecule has 0 fully saturated rings. The molecule has 2 heterocycles. The van der Waals surface area contributed by atoms with E-state index in [9.17, 15) is 0 Å². The van der Waals surface area contributed by atoms with Crippen LogP contribution in [0.25, 0.3) is 0 Å². The van der Waals surface area contributed by atoms with Crippen LogP contribution in [0.15, 0.2) is 29.8 Å². The molecule has 0 saturated carbocycles. The summed E-state index contributed by atoms with van der Waals surface area (Å²) in [5.41, 5.74) is 4.28. The molecule has 4 rings (SSSR count). The molecule has 2 atom stereocenters. The van der Waals surface area contributed by atoms with Crippen molar-refractivity contribution in [3.8, 4) is 0 Å². The van der Waals surface area contributed by atoms with Gasteiger partial charge in [0.25, 0.3) is 0 Å². The largest absolute Gasteiger partial charge is 0.302 e. The van der Waals surface area contributed by atoms with E-state index in [1.54, 1.807) is 10.4 Å². The van der Waals surface area contributed by atoms with E-state index in [1.165, 1.54) is 49.8 Å². The third kappa shape index (κ3) is 2.19. The Morgan fingerprint density at radius 1 is 1.10 bits per heavy atom. The van der Waals surface area contributed by atoms with Crippen molar-refractivity contribution in [1.82, 2.24) is 10.3 Å². The Morgan fingerprint density at radius 3 is 3.00 bits per heavy atom. The Kier molecular flexibility index (Phi) is 3.32. The van der Waals surface area contributed by atoms with Gasteiger partial charge in [-0.1, -0.05) is 6.07 Å². The maximum absolute atomic E-state index is 4.65. The van der Waals surface area contributed by atoms with Crippen molar-refractivity contribution in [2.24, 2.45) is 0 Å². The van der Waals surface area contributed by atoms with Crippen LogP contribution >= 0.6 is 11.3 Å². The van der Waals surface area contributed by atoms with Crippen molar-refractivity contribution in [2.45, 2.75) is 50.6 Å². The molecule has 0 aromatic carbocycles. The average molecular weight is 284 g/mol. The molecular formula is C17H20N2S. The second-order valence-electron chi connectivity index (χ2n) is 5.90. The number of fused-ring (bicyclic) bond motifs is 2. The molecule has 2 aromatic rings. The molecule has 2 aliphatic carbocycles. The fourth-order valence-electron chi connectivity index (χ4n) is 3.67. The fraction of sp³-hybridized carbons (Fsp3) is 0.471. The van der Waals surface area contributed by atoms with Crippen LogP contribution in [0.1, 0.15) is 59.5 Å². The highest BCUT2D eigenvalue weighted by molar-refractivity contribution is 7.10. The van der Waals surface area contributed by atoms with E-state index in [0.29, 0.717) is 12.1 Å². The summed E-state index contributed by atoms with van der Waals surface area (Å²) in [6, 6.07) is 7.60. The maximum atomic E-state index is 4.65. The minimum atomic E-state index is 0.441. The second kappa shape index (κ2) is 5.30. The number of aromatic nitrogens is 1. The number of hydrogen-bond donors (Lipinski definition) is 1. The van der Waals surface area contributed by atoms with Crippen molar-refractivity contribution in [2.75, 3.05) is 0 Å². The van der Waals surface area contributed by atoms with Gasteiger partial charge in [0, 0.05) is 17.1 Å². The Labute approximate surface area is 124 Å². The van der Waals surface area contributed by atoms with Gasteiger partial charge in [0.1, 0.15) is 0 Å². The summed E-state index contributed by atoms with van der Waals surface area (Å²) < 4.78 is 0. The van der Waals surface area contributed by atoms with Crippen LogP contribution in [0.2, 0.25) is 0 Å². The van der Waals surface area contributed by atoms with Crippen molar-refractivity contribution < 1.29 is 0 Å². The molecule has 2 unspecified atom stereocenters. The van der Waals surface area contributed by atoms with Crippen molar-refractivity contribution in [1.29, 1.82) is 0 Å². The van der Waals surface area contributed by atoms with Gasteiger partial charge in [-0.3, -0.25) is 4.98 Å². The monoisotopic (exact) mass is 284 g/mol. The molecule has 0 spiro atoms. The molecule has 1 N–H and O–H groups in total. The molecule has 2 nitrogen and oxygen atoms in total. The molecule has 2 aromatic heterocycles. The summed E-state index contributed by atoms with van der Waals surface area (Å²) in [5, 5.41) is 6.15. The van der Waals surface area contributed by atoms with Gasteiger partial charge in [0.2, 0.25) is 0 Å². The van der Waals surface area contributed by atoms with E-state index in [-0.39, 0.29) is 0 Å². The minimum Gasteiger partial charge on any atom is -0.302 e. The number of rotatable bonds is 2. The highest BCUT2D eigenvalue weighted by Crippen LogP contribution is 2.37. The first kappa shape index (κ1) is 12.5. The Morgan fingerprint density at radius 2 is 2.00 bits per heavy atom. The molecule has 0 bridgehead atoms. The Balaban J connectivity index is 1.60. The summed E-state index contributed by atoms with van der Waals surface area (Å²) in [7, 11) is 0. The van der Waals surface area contributed by atoms with Crippen LogP contribution in [0, 0.1) is 0 Å². The number of thiophene rings is 1. The molecule has 2 aliphatic rings. The standard InChI is InChI=1S/C17H20N2S/c1-4-12-5-3-10-18-17(12)15(7-1)19-14-6-2-8-16-13(14)9-11-20-16/h3,5,9-11,14-15,19H,1-2,4,6-8H2. The average Bonchev–Trinajstić information content (AvgIpc) is 2.97. The van der Waals surface area contributed by atoms with Crippen LogP contribution in [-0.2, 0) is 12.8 Å². The van der Waals surface area contributed by atoms with Gasteiger partial charge < -0.3 is 5.32 Å². The lowest BCUT2D eigenvalue weighted by atomic mass is 9.88. The molecule has 3 heteroatoms. The van der Waals surface area contributed by atoms with E-state index in [2.05, 4.69) is 33.9 Å². The number of nitrogens with one attached hydrogen (secondary N) is 1. The second-order valence-corrected chi connectivity index (χ2v) is 6.90. The van der Waals surface area contributed by atoms with Gasteiger partial charge in [-0.15, -0.1) is 11.3 Å².